The van der Waals surface area contributed by atoms with Crippen molar-refractivity contribution in [2.45, 2.75) is 24.7 Å². The van der Waals surface area contributed by atoms with Crippen LogP contribution in [0, 0.1) is 5.82 Å². The van der Waals surface area contributed by atoms with E-state index >= 15 is 0 Å². The number of ether oxygens (including phenoxy) is 1. The zero-order valence-corrected chi connectivity index (χ0v) is 13.1. The summed E-state index contributed by atoms with van der Waals surface area (Å²) in [5, 5.41) is 2.99. The molecule has 1 aliphatic carbocycles. The number of amides is 1. The number of methoxy groups -OCH3 is 1. The van der Waals surface area contributed by atoms with E-state index in [2.05, 4.69) is 17.4 Å². The van der Waals surface area contributed by atoms with Crippen molar-refractivity contribution in [3.8, 4) is 5.75 Å². The standard InChI is InChI=1S/C19H20FNO2/c1-23-17-7-5-15(6-8-17)19(9-10-19)13-21-18(22)12-14-3-2-4-16(20)11-14/h2-8,11H,9-10,12-13H2,1H3,(H,21,22). The van der Waals surface area contributed by atoms with Gasteiger partial charge in [0.25, 0.3) is 0 Å². The largest absolute Gasteiger partial charge is 0.497 e. The smallest absolute Gasteiger partial charge is 0.224 e. The number of carbonyl (C=O) groups is 1. The molecule has 1 amide bonds. The maximum absolute atomic E-state index is 13.1. The van der Waals surface area contributed by atoms with Gasteiger partial charge in [0, 0.05) is 12.0 Å². The number of carbonyl (C=O) groups excluding carboxylic acids is 1. The molecule has 4 heteroatoms. The van der Waals surface area contributed by atoms with Gasteiger partial charge in [-0.25, -0.2) is 4.39 Å². The van der Waals surface area contributed by atoms with E-state index in [1.165, 1.54) is 17.7 Å². The van der Waals surface area contributed by atoms with Crippen molar-refractivity contribution in [2.75, 3.05) is 13.7 Å². The molecule has 2 aromatic carbocycles. The summed E-state index contributed by atoms with van der Waals surface area (Å²) in [5.74, 6) is 0.447. The Morgan fingerprint density at radius 2 is 1.96 bits per heavy atom. The molecule has 0 atom stereocenters. The molecule has 0 radical (unpaired) electrons. The minimum absolute atomic E-state index is 0.0455. The number of nitrogens with one attached hydrogen (secondary N) is 1. The van der Waals surface area contributed by atoms with Crippen molar-refractivity contribution in [1.29, 1.82) is 0 Å². The molecule has 1 aliphatic rings. The van der Waals surface area contributed by atoms with Crippen LogP contribution in [0.3, 0.4) is 0 Å². The molecule has 0 saturated heterocycles. The van der Waals surface area contributed by atoms with Crippen molar-refractivity contribution in [3.63, 3.8) is 0 Å². The first kappa shape index (κ1) is 15.5. The summed E-state index contributed by atoms with van der Waals surface area (Å²) < 4.78 is 18.3. The van der Waals surface area contributed by atoms with E-state index in [0.29, 0.717) is 12.1 Å². The maximum atomic E-state index is 13.1. The van der Waals surface area contributed by atoms with Gasteiger partial charge < -0.3 is 10.1 Å². The summed E-state index contributed by atoms with van der Waals surface area (Å²) in [4.78, 5) is 12.1. The number of halogens is 1. The lowest BCUT2D eigenvalue weighted by molar-refractivity contribution is -0.120. The van der Waals surface area contributed by atoms with Crippen LogP contribution in [0.5, 0.6) is 5.75 Å². The monoisotopic (exact) mass is 313 g/mol. The zero-order chi connectivity index (χ0) is 16.3. The van der Waals surface area contributed by atoms with Crippen LogP contribution in [0.2, 0.25) is 0 Å². The van der Waals surface area contributed by atoms with Gasteiger partial charge in [0.1, 0.15) is 11.6 Å². The first-order chi connectivity index (χ1) is 11.1. The second kappa shape index (κ2) is 6.41. The molecule has 0 unspecified atom stereocenters. The third kappa shape index (κ3) is 3.70. The lowest BCUT2D eigenvalue weighted by Crippen LogP contribution is -2.33. The SMILES string of the molecule is COc1ccc(C2(CNC(=O)Cc3cccc(F)c3)CC2)cc1. The van der Waals surface area contributed by atoms with Gasteiger partial charge in [0.15, 0.2) is 0 Å². The third-order valence-electron chi connectivity index (χ3n) is 4.43. The Morgan fingerprint density at radius 1 is 1.22 bits per heavy atom. The fourth-order valence-corrected chi connectivity index (χ4v) is 2.83. The molecule has 0 aromatic heterocycles. The van der Waals surface area contributed by atoms with Crippen molar-refractivity contribution < 1.29 is 13.9 Å². The van der Waals surface area contributed by atoms with Crippen molar-refractivity contribution in [2.24, 2.45) is 0 Å². The summed E-state index contributed by atoms with van der Waals surface area (Å²) in [6.07, 6.45) is 2.34. The first-order valence-corrected chi connectivity index (χ1v) is 7.77. The van der Waals surface area contributed by atoms with Gasteiger partial charge in [-0.2, -0.15) is 0 Å². The van der Waals surface area contributed by atoms with Crippen molar-refractivity contribution in [3.05, 3.63) is 65.5 Å². The summed E-state index contributed by atoms with van der Waals surface area (Å²) >= 11 is 0. The summed E-state index contributed by atoms with van der Waals surface area (Å²) in [6, 6.07) is 14.2. The highest BCUT2D eigenvalue weighted by molar-refractivity contribution is 5.78. The Bertz CT molecular complexity index is 693. The van der Waals surface area contributed by atoms with E-state index in [9.17, 15) is 9.18 Å². The molecule has 1 saturated carbocycles. The lowest BCUT2D eigenvalue weighted by atomic mass is 9.95. The predicted octanol–water partition coefficient (Wildman–Crippen LogP) is 3.22. The number of hydrogen-bond acceptors (Lipinski definition) is 2. The highest BCUT2D eigenvalue weighted by atomic mass is 19.1. The number of benzene rings is 2. The van der Waals surface area contributed by atoms with E-state index in [1.807, 2.05) is 12.1 Å². The molecule has 0 spiro atoms. The third-order valence-corrected chi connectivity index (χ3v) is 4.43. The van der Waals surface area contributed by atoms with Crippen LogP contribution in [0.25, 0.3) is 0 Å². The van der Waals surface area contributed by atoms with Crippen LogP contribution in [-0.4, -0.2) is 19.6 Å². The van der Waals surface area contributed by atoms with Crippen LogP contribution in [0.15, 0.2) is 48.5 Å². The molecule has 0 heterocycles. The Balaban J connectivity index is 1.57. The van der Waals surface area contributed by atoms with Gasteiger partial charge in [0.2, 0.25) is 5.91 Å². The highest BCUT2D eigenvalue weighted by Gasteiger charge is 2.44. The van der Waals surface area contributed by atoms with E-state index in [0.717, 1.165) is 18.6 Å². The number of rotatable bonds is 6. The summed E-state index contributed by atoms with van der Waals surface area (Å²) in [7, 11) is 1.65. The minimum Gasteiger partial charge on any atom is -0.497 e. The molecule has 0 bridgehead atoms. The highest BCUT2D eigenvalue weighted by Crippen LogP contribution is 2.47. The fraction of sp³-hybridized carbons (Fsp3) is 0.316. The molecule has 23 heavy (non-hydrogen) atoms. The molecule has 3 nitrogen and oxygen atoms in total. The Kier molecular flexibility index (Phi) is 4.33. The maximum Gasteiger partial charge on any atom is 0.224 e. The van der Waals surface area contributed by atoms with E-state index in [1.54, 1.807) is 19.2 Å². The first-order valence-electron chi connectivity index (χ1n) is 7.77. The van der Waals surface area contributed by atoms with Crippen LogP contribution >= 0.6 is 0 Å². The Hall–Kier alpha value is -2.36. The zero-order valence-electron chi connectivity index (χ0n) is 13.1. The molecule has 120 valence electrons. The van der Waals surface area contributed by atoms with Gasteiger partial charge in [-0.05, 0) is 48.2 Å². The predicted molar refractivity (Wildman–Crippen MR) is 87.0 cm³/mol. The molecule has 2 aromatic rings. The molecule has 0 aliphatic heterocycles. The Morgan fingerprint density at radius 3 is 2.57 bits per heavy atom. The van der Waals surface area contributed by atoms with Gasteiger partial charge in [-0.1, -0.05) is 24.3 Å². The van der Waals surface area contributed by atoms with E-state index in [4.69, 9.17) is 4.74 Å². The summed E-state index contributed by atoms with van der Waals surface area (Å²) in [6.45, 7) is 0.619. The van der Waals surface area contributed by atoms with Crippen LogP contribution in [0.4, 0.5) is 4.39 Å². The minimum atomic E-state index is -0.313. The fourth-order valence-electron chi connectivity index (χ4n) is 2.83. The molecule has 3 rings (SSSR count). The average molecular weight is 313 g/mol. The van der Waals surface area contributed by atoms with Gasteiger partial charge in [-0.15, -0.1) is 0 Å². The molecular weight excluding hydrogens is 293 g/mol. The van der Waals surface area contributed by atoms with E-state index in [-0.39, 0.29) is 23.6 Å². The average Bonchev–Trinajstić information content (AvgIpc) is 3.34. The van der Waals surface area contributed by atoms with Crippen molar-refractivity contribution >= 4 is 5.91 Å². The second-order valence-corrected chi connectivity index (χ2v) is 6.09. The van der Waals surface area contributed by atoms with Crippen LogP contribution in [0.1, 0.15) is 24.0 Å². The molecule has 1 fully saturated rings. The summed E-state index contributed by atoms with van der Waals surface area (Å²) in [5.41, 5.74) is 1.96. The van der Waals surface area contributed by atoms with Crippen molar-refractivity contribution in [1.82, 2.24) is 5.32 Å². The van der Waals surface area contributed by atoms with Crippen LogP contribution in [-0.2, 0) is 16.6 Å². The van der Waals surface area contributed by atoms with Gasteiger partial charge >= 0.3 is 0 Å². The molecule has 1 N–H and O–H groups in total. The second-order valence-electron chi connectivity index (χ2n) is 6.09. The Labute approximate surface area is 135 Å². The normalized spacial score (nSPS) is 15.0. The quantitative estimate of drug-likeness (QED) is 0.889. The van der Waals surface area contributed by atoms with E-state index < -0.39 is 0 Å². The number of hydrogen-bond donors (Lipinski definition) is 1. The topological polar surface area (TPSA) is 38.3 Å². The van der Waals surface area contributed by atoms with Crippen LogP contribution < -0.4 is 10.1 Å². The molecular formula is C19H20FNO2. The lowest BCUT2D eigenvalue weighted by Gasteiger charge is -2.17. The van der Waals surface area contributed by atoms with Gasteiger partial charge in [-0.3, -0.25) is 4.79 Å². The van der Waals surface area contributed by atoms with Gasteiger partial charge in [0.05, 0.1) is 13.5 Å².